The summed E-state index contributed by atoms with van der Waals surface area (Å²) in [4.78, 5) is 23.2. The van der Waals surface area contributed by atoms with Crippen molar-refractivity contribution in [1.82, 2.24) is 10.2 Å². The number of likely N-dealkylation sites (N-methyl/N-ethyl adjacent to an activating group) is 1. The highest BCUT2D eigenvalue weighted by atomic mass is 16.4. The van der Waals surface area contributed by atoms with E-state index in [1.165, 1.54) is 20.9 Å². The van der Waals surface area contributed by atoms with Gasteiger partial charge in [0.25, 0.3) is 0 Å². The number of urea groups is 1. The van der Waals surface area contributed by atoms with E-state index in [4.69, 9.17) is 15.3 Å². The zero-order valence-electron chi connectivity index (χ0n) is 9.54. The molecule has 0 heterocycles. The zero-order chi connectivity index (χ0) is 12.9. The molecule has 0 fully saturated rings. The first-order chi connectivity index (χ1) is 7.25. The molecule has 0 saturated heterocycles. The number of aliphatic hydroxyl groups is 2. The molecule has 7 heteroatoms. The van der Waals surface area contributed by atoms with E-state index in [1.54, 1.807) is 0 Å². The maximum Gasteiger partial charge on any atom is 0.328 e. The Morgan fingerprint density at radius 3 is 2.12 bits per heavy atom. The molecule has 1 unspecified atom stereocenters. The number of rotatable bonds is 5. The van der Waals surface area contributed by atoms with E-state index >= 15 is 0 Å². The van der Waals surface area contributed by atoms with Gasteiger partial charge in [-0.25, -0.2) is 9.59 Å². The minimum absolute atomic E-state index is 0.0813. The summed E-state index contributed by atoms with van der Waals surface area (Å²) < 4.78 is 0. The van der Waals surface area contributed by atoms with Crippen molar-refractivity contribution >= 4 is 12.0 Å². The minimum Gasteiger partial charge on any atom is -0.480 e. The molecule has 0 aromatic carbocycles. The summed E-state index contributed by atoms with van der Waals surface area (Å²) in [6.45, 7) is 2.86. The number of carbonyl (C=O) groups is 2. The number of nitrogens with zero attached hydrogens (tertiary/aromatic N) is 1. The topological polar surface area (TPSA) is 110 Å². The SMILES string of the molecule is CC(O)CN(C)C(=O)N[C@H](C(=O)O)[C@@H](C)O. The average molecular weight is 234 g/mol. The summed E-state index contributed by atoms with van der Waals surface area (Å²) in [5.74, 6) is -1.31. The molecular weight excluding hydrogens is 216 g/mol. The second-order valence-corrected chi connectivity index (χ2v) is 3.74. The summed E-state index contributed by atoms with van der Waals surface area (Å²) in [5, 5.41) is 29.0. The third-order valence-corrected chi connectivity index (χ3v) is 1.91. The van der Waals surface area contributed by atoms with Gasteiger partial charge in [-0.05, 0) is 13.8 Å². The average Bonchev–Trinajstić information content (AvgIpc) is 2.11. The summed E-state index contributed by atoms with van der Waals surface area (Å²) in [6.07, 6.45) is -1.90. The maximum atomic E-state index is 11.4. The molecule has 0 aliphatic rings. The zero-order valence-corrected chi connectivity index (χ0v) is 9.54. The predicted molar refractivity (Wildman–Crippen MR) is 55.9 cm³/mol. The molecule has 0 aliphatic carbocycles. The van der Waals surface area contributed by atoms with Crippen LogP contribution in [0.5, 0.6) is 0 Å². The molecule has 0 aromatic rings. The molecule has 0 aliphatic heterocycles. The van der Waals surface area contributed by atoms with Crippen LogP contribution >= 0.6 is 0 Å². The Hall–Kier alpha value is -1.34. The molecule has 4 N–H and O–H groups in total. The van der Waals surface area contributed by atoms with E-state index in [0.717, 1.165) is 4.90 Å². The first kappa shape index (κ1) is 14.7. The number of nitrogens with one attached hydrogen (secondary N) is 1. The van der Waals surface area contributed by atoms with Gasteiger partial charge in [0, 0.05) is 13.6 Å². The molecule has 0 rings (SSSR count). The molecule has 94 valence electrons. The lowest BCUT2D eigenvalue weighted by molar-refractivity contribution is -0.141. The van der Waals surface area contributed by atoms with Gasteiger partial charge in [-0.1, -0.05) is 0 Å². The third-order valence-electron chi connectivity index (χ3n) is 1.91. The Morgan fingerprint density at radius 2 is 1.81 bits per heavy atom. The quantitative estimate of drug-likeness (QED) is 0.480. The maximum absolute atomic E-state index is 11.4. The van der Waals surface area contributed by atoms with Crippen LogP contribution in [-0.2, 0) is 4.79 Å². The Kier molecular flexibility index (Phi) is 5.76. The van der Waals surface area contributed by atoms with Crippen molar-refractivity contribution in [2.24, 2.45) is 0 Å². The van der Waals surface area contributed by atoms with Gasteiger partial charge in [-0.15, -0.1) is 0 Å². The van der Waals surface area contributed by atoms with Crippen molar-refractivity contribution in [2.45, 2.75) is 32.1 Å². The number of hydrogen-bond acceptors (Lipinski definition) is 4. The Balaban J connectivity index is 4.35. The fourth-order valence-corrected chi connectivity index (χ4v) is 1.11. The summed E-state index contributed by atoms with van der Waals surface area (Å²) >= 11 is 0. The fraction of sp³-hybridized carbons (Fsp3) is 0.778. The molecule has 2 amide bonds. The molecule has 0 aromatic heterocycles. The molecule has 0 saturated carbocycles. The van der Waals surface area contributed by atoms with Gasteiger partial charge in [0.2, 0.25) is 0 Å². The molecule has 7 nitrogen and oxygen atoms in total. The highest BCUT2D eigenvalue weighted by Gasteiger charge is 2.26. The number of carboxylic acids is 1. The van der Waals surface area contributed by atoms with Crippen LogP contribution in [0.4, 0.5) is 4.79 Å². The predicted octanol–water partition coefficient (Wildman–Crippen LogP) is -1.16. The number of amides is 2. The van der Waals surface area contributed by atoms with E-state index in [2.05, 4.69) is 5.32 Å². The number of aliphatic hydroxyl groups excluding tert-OH is 2. The Labute approximate surface area is 93.7 Å². The van der Waals surface area contributed by atoms with Crippen LogP contribution < -0.4 is 5.32 Å². The van der Waals surface area contributed by atoms with Crippen LogP contribution in [0, 0.1) is 0 Å². The number of aliphatic carboxylic acids is 1. The van der Waals surface area contributed by atoms with Crippen LogP contribution in [0.1, 0.15) is 13.8 Å². The molecule has 3 atom stereocenters. The third kappa shape index (κ3) is 4.94. The minimum atomic E-state index is -1.36. The van der Waals surface area contributed by atoms with Crippen molar-refractivity contribution in [2.75, 3.05) is 13.6 Å². The molecule has 0 spiro atoms. The van der Waals surface area contributed by atoms with Gasteiger partial charge < -0.3 is 25.5 Å². The number of carbonyl (C=O) groups excluding carboxylic acids is 1. The van der Waals surface area contributed by atoms with E-state index in [0.29, 0.717) is 0 Å². The second kappa shape index (κ2) is 6.29. The summed E-state index contributed by atoms with van der Waals surface area (Å²) in [7, 11) is 1.42. The first-order valence-electron chi connectivity index (χ1n) is 4.86. The monoisotopic (exact) mass is 234 g/mol. The largest absolute Gasteiger partial charge is 0.480 e. The van der Waals surface area contributed by atoms with E-state index in [1.807, 2.05) is 0 Å². The summed E-state index contributed by atoms with van der Waals surface area (Å²) in [6, 6.07) is -2.02. The highest BCUT2D eigenvalue weighted by Crippen LogP contribution is 1.96. The Bertz CT molecular complexity index is 254. The van der Waals surface area contributed by atoms with Crippen molar-refractivity contribution in [3.8, 4) is 0 Å². The van der Waals surface area contributed by atoms with Gasteiger partial charge >= 0.3 is 12.0 Å². The summed E-state index contributed by atoms with van der Waals surface area (Å²) in [5.41, 5.74) is 0. The van der Waals surface area contributed by atoms with Crippen molar-refractivity contribution in [1.29, 1.82) is 0 Å². The van der Waals surface area contributed by atoms with E-state index in [-0.39, 0.29) is 6.54 Å². The van der Waals surface area contributed by atoms with Crippen LogP contribution in [0.25, 0.3) is 0 Å². The lowest BCUT2D eigenvalue weighted by Gasteiger charge is -2.23. The molecule has 0 bridgehead atoms. The lowest BCUT2D eigenvalue weighted by atomic mass is 10.2. The number of carboxylic acid groups (broad SMARTS) is 1. The van der Waals surface area contributed by atoms with Crippen molar-refractivity contribution in [3.63, 3.8) is 0 Å². The fourth-order valence-electron chi connectivity index (χ4n) is 1.11. The van der Waals surface area contributed by atoms with E-state index in [9.17, 15) is 9.59 Å². The van der Waals surface area contributed by atoms with Crippen LogP contribution in [0.15, 0.2) is 0 Å². The van der Waals surface area contributed by atoms with Crippen molar-refractivity contribution < 1.29 is 24.9 Å². The lowest BCUT2D eigenvalue weighted by Crippen LogP contribution is -2.52. The molecule has 16 heavy (non-hydrogen) atoms. The van der Waals surface area contributed by atoms with Crippen LogP contribution in [0.2, 0.25) is 0 Å². The van der Waals surface area contributed by atoms with Gasteiger partial charge in [-0.3, -0.25) is 0 Å². The smallest absolute Gasteiger partial charge is 0.328 e. The van der Waals surface area contributed by atoms with Crippen LogP contribution in [-0.4, -0.2) is 64.1 Å². The van der Waals surface area contributed by atoms with Gasteiger partial charge in [-0.2, -0.15) is 0 Å². The van der Waals surface area contributed by atoms with E-state index < -0.39 is 30.3 Å². The normalized spacial score (nSPS) is 16.1. The van der Waals surface area contributed by atoms with Gasteiger partial charge in [0.15, 0.2) is 6.04 Å². The van der Waals surface area contributed by atoms with Gasteiger partial charge in [0.05, 0.1) is 12.2 Å². The van der Waals surface area contributed by atoms with Crippen LogP contribution in [0.3, 0.4) is 0 Å². The molecular formula is C9H18N2O5. The first-order valence-corrected chi connectivity index (χ1v) is 4.86. The highest BCUT2D eigenvalue weighted by molar-refractivity contribution is 5.82. The van der Waals surface area contributed by atoms with Gasteiger partial charge in [0.1, 0.15) is 0 Å². The number of hydrogen-bond donors (Lipinski definition) is 4. The van der Waals surface area contributed by atoms with Crippen molar-refractivity contribution in [3.05, 3.63) is 0 Å². The second-order valence-electron chi connectivity index (χ2n) is 3.74. The molecule has 0 radical (unpaired) electrons. The Morgan fingerprint density at radius 1 is 1.31 bits per heavy atom. The standard InChI is InChI=1S/C9H18N2O5/c1-5(12)4-11(3)9(16)10-7(6(2)13)8(14)15/h5-7,12-13H,4H2,1-3H3,(H,10,16)(H,14,15)/t5?,6-,7+/m1/s1.